The first-order valence-corrected chi connectivity index (χ1v) is 7.50. The van der Waals surface area contributed by atoms with Crippen LogP contribution in [0.2, 0.25) is 0 Å². The Bertz CT molecular complexity index is 625. The van der Waals surface area contributed by atoms with Crippen molar-refractivity contribution in [2.75, 3.05) is 20.7 Å². The number of nitrogens with zero attached hydrogens (tertiary/aromatic N) is 3. The summed E-state index contributed by atoms with van der Waals surface area (Å²) in [5.41, 5.74) is 0.754. The number of hydrogen-bond acceptors (Lipinski definition) is 4. The lowest BCUT2D eigenvalue weighted by Gasteiger charge is -2.13. The molecule has 0 atom stereocenters. The molecule has 7 nitrogen and oxygen atoms in total. The number of aliphatic imine (C=N–C) groups is 1. The second kappa shape index (κ2) is 8.67. The maximum atomic E-state index is 9.87. The van der Waals surface area contributed by atoms with E-state index in [4.69, 9.17) is 4.74 Å². The SMILES string of the molecule is CN=C(NCCCn1cccn1)NCc1cc(OC)ccc1O. The number of guanidine groups is 1. The topological polar surface area (TPSA) is 83.7 Å². The van der Waals surface area contributed by atoms with Gasteiger partial charge in [-0.25, -0.2) is 0 Å². The van der Waals surface area contributed by atoms with Crippen molar-refractivity contribution in [3.8, 4) is 11.5 Å². The Morgan fingerprint density at radius 2 is 2.26 bits per heavy atom. The zero-order valence-electron chi connectivity index (χ0n) is 13.5. The Balaban J connectivity index is 1.76. The molecule has 0 spiro atoms. The van der Waals surface area contributed by atoms with Gasteiger partial charge in [-0.15, -0.1) is 0 Å². The summed E-state index contributed by atoms with van der Waals surface area (Å²) in [6.07, 6.45) is 4.65. The molecule has 1 aromatic carbocycles. The molecule has 2 rings (SSSR count). The lowest BCUT2D eigenvalue weighted by Crippen LogP contribution is -2.37. The van der Waals surface area contributed by atoms with E-state index in [0.717, 1.165) is 25.1 Å². The van der Waals surface area contributed by atoms with Crippen LogP contribution in [0, 0.1) is 0 Å². The normalized spacial score (nSPS) is 11.3. The average Bonchev–Trinajstić information content (AvgIpc) is 3.09. The van der Waals surface area contributed by atoms with Crippen LogP contribution < -0.4 is 15.4 Å². The number of rotatable bonds is 7. The van der Waals surface area contributed by atoms with Crippen LogP contribution >= 0.6 is 0 Å². The molecule has 0 saturated heterocycles. The highest BCUT2D eigenvalue weighted by Gasteiger charge is 2.04. The van der Waals surface area contributed by atoms with Gasteiger partial charge in [0.15, 0.2) is 5.96 Å². The summed E-state index contributed by atoms with van der Waals surface area (Å²) in [7, 11) is 3.32. The van der Waals surface area contributed by atoms with Crippen LogP contribution in [0.25, 0.3) is 0 Å². The molecule has 0 amide bonds. The predicted molar refractivity (Wildman–Crippen MR) is 89.7 cm³/mol. The van der Waals surface area contributed by atoms with Crippen molar-refractivity contribution >= 4 is 5.96 Å². The van der Waals surface area contributed by atoms with Crippen LogP contribution in [0.3, 0.4) is 0 Å². The van der Waals surface area contributed by atoms with Crippen molar-refractivity contribution in [1.82, 2.24) is 20.4 Å². The molecule has 1 heterocycles. The summed E-state index contributed by atoms with van der Waals surface area (Å²) in [5.74, 6) is 1.63. The van der Waals surface area contributed by atoms with Crippen molar-refractivity contribution < 1.29 is 9.84 Å². The molecule has 2 aromatic rings. The Kier molecular flexibility index (Phi) is 6.28. The van der Waals surface area contributed by atoms with Gasteiger partial charge in [-0.2, -0.15) is 5.10 Å². The highest BCUT2D eigenvalue weighted by Crippen LogP contribution is 2.22. The first-order chi connectivity index (χ1) is 11.2. The van der Waals surface area contributed by atoms with E-state index >= 15 is 0 Å². The minimum absolute atomic E-state index is 0.229. The predicted octanol–water partition coefficient (Wildman–Crippen LogP) is 1.35. The lowest BCUT2D eigenvalue weighted by atomic mass is 10.2. The molecule has 0 aliphatic heterocycles. The van der Waals surface area contributed by atoms with Gasteiger partial charge >= 0.3 is 0 Å². The van der Waals surface area contributed by atoms with Crippen LogP contribution in [0.5, 0.6) is 11.5 Å². The number of aromatic hydroxyl groups is 1. The van der Waals surface area contributed by atoms with Gasteiger partial charge in [0, 0.05) is 44.6 Å². The molecular formula is C16H23N5O2. The number of nitrogens with one attached hydrogen (secondary N) is 2. The molecular weight excluding hydrogens is 294 g/mol. The minimum atomic E-state index is 0.229. The summed E-state index contributed by atoms with van der Waals surface area (Å²) in [6, 6.07) is 7.05. The third kappa shape index (κ3) is 5.21. The monoisotopic (exact) mass is 317 g/mol. The van der Waals surface area contributed by atoms with Gasteiger partial charge in [-0.05, 0) is 30.7 Å². The average molecular weight is 317 g/mol. The summed E-state index contributed by atoms with van der Waals surface area (Å²) < 4.78 is 7.06. The molecule has 23 heavy (non-hydrogen) atoms. The number of methoxy groups -OCH3 is 1. The number of phenols is 1. The van der Waals surface area contributed by atoms with Gasteiger partial charge in [0.2, 0.25) is 0 Å². The van der Waals surface area contributed by atoms with Gasteiger partial charge in [-0.1, -0.05) is 0 Å². The van der Waals surface area contributed by atoms with Gasteiger partial charge < -0.3 is 20.5 Å². The smallest absolute Gasteiger partial charge is 0.191 e. The molecule has 0 radical (unpaired) electrons. The van der Waals surface area contributed by atoms with Gasteiger partial charge in [0.25, 0.3) is 0 Å². The molecule has 0 aliphatic carbocycles. The fourth-order valence-corrected chi connectivity index (χ4v) is 2.11. The van der Waals surface area contributed by atoms with E-state index in [9.17, 15) is 5.11 Å². The Labute approximate surface area is 136 Å². The van der Waals surface area contributed by atoms with Gasteiger partial charge in [0.1, 0.15) is 11.5 Å². The fraction of sp³-hybridized carbons (Fsp3) is 0.375. The number of aromatic nitrogens is 2. The molecule has 0 bridgehead atoms. The van der Waals surface area contributed by atoms with Crippen molar-refractivity contribution in [3.05, 3.63) is 42.2 Å². The summed E-state index contributed by atoms with van der Waals surface area (Å²) in [4.78, 5) is 4.17. The Morgan fingerprint density at radius 3 is 2.96 bits per heavy atom. The van der Waals surface area contributed by atoms with Crippen molar-refractivity contribution in [3.63, 3.8) is 0 Å². The number of ether oxygens (including phenoxy) is 1. The number of benzene rings is 1. The maximum Gasteiger partial charge on any atom is 0.191 e. The standard InChI is InChI=1S/C16H23N5O2/c1-17-16(18-7-3-9-21-10-4-8-20-21)19-12-13-11-14(23-2)5-6-15(13)22/h4-6,8,10-11,22H,3,7,9,12H2,1-2H3,(H2,17,18,19). The molecule has 0 unspecified atom stereocenters. The zero-order valence-corrected chi connectivity index (χ0v) is 13.5. The first-order valence-electron chi connectivity index (χ1n) is 7.50. The van der Waals surface area contributed by atoms with Crippen molar-refractivity contribution in [2.24, 2.45) is 4.99 Å². The van der Waals surface area contributed by atoms with Crippen molar-refractivity contribution in [1.29, 1.82) is 0 Å². The Hall–Kier alpha value is -2.70. The zero-order chi connectivity index (χ0) is 16.5. The second-order valence-corrected chi connectivity index (χ2v) is 4.97. The number of phenolic OH excluding ortho intramolecular Hbond substituents is 1. The quantitative estimate of drug-likeness (QED) is 0.408. The van der Waals surface area contributed by atoms with Crippen LogP contribution in [0.4, 0.5) is 0 Å². The van der Waals surface area contributed by atoms with Crippen LogP contribution in [-0.2, 0) is 13.1 Å². The van der Waals surface area contributed by atoms with E-state index < -0.39 is 0 Å². The highest BCUT2D eigenvalue weighted by molar-refractivity contribution is 5.79. The molecule has 0 aliphatic rings. The van der Waals surface area contributed by atoms with E-state index in [1.165, 1.54) is 0 Å². The highest BCUT2D eigenvalue weighted by atomic mass is 16.5. The second-order valence-electron chi connectivity index (χ2n) is 4.97. The van der Waals surface area contributed by atoms with Gasteiger partial charge in [0.05, 0.1) is 7.11 Å². The van der Waals surface area contributed by atoms with Crippen molar-refractivity contribution in [2.45, 2.75) is 19.5 Å². The van der Waals surface area contributed by atoms with E-state index in [-0.39, 0.29) is 5.75 Å². The molecule has 3 N–H and O–H groups in total. The molecule has 124 valence electrons. The molecule has 0 saturated carbocycles. The Morgan fingerprint density at radius 1 is 1.39 bits per heavy atom. The van der Waals surface area contributed by atoms with Gasteiger partial charge in [-0.3, -0.25) is 9.67 Å². The van der Waals surface area contributed by atoms with Crippen LogP contribution in [0.1, 0.15) is 12.0 Å². The third-order valence-corrected chi connectivity index (χ3v) is 3.37. The van der Waals surface area contributed by atoms with E-state index in [0.29, 0.717) is 18.3 Å². The number of aryl methyl sites for hydroxylation is 1. The lowest BCUT2D eigenvalue weighted by molar-refractivity contribution is 0.410. The van der Waals surface area contributed by atoms with E-state index in [1.807, 2.05) is 16.9 Å². The summed E-state index contributed by atoms with van der Waals surface area (Å²) in [5, 5.41) is 20.4. The number of hydrogen-bond donors (Lipinski definition) is 3. The molecule has 1 aromatic heterocycles. The van der Waals surface area contributed by atoms with E-state index in [2.05, 4.69) is 20.7 Å². The molecule has 7 heteroatoms. The van der Waals surface area contributed by atoms with E-state index in [1.54, 1.807) is 38.6 Å². The maximum absolute atomic E-state index is 9.87. The third-order valence-electron chi connectivity index (χ3n) is 3.37. The summed E-state index contributed by atoms with van der Waals surface area (Å²) in [6.45, 7) is 2.10. The summed E-state index contributed by atoms with van der Waals surface area (Å²) >= 11 is 0. The first kappa shape index (κ1) is 16.7. The largest absolute Gasteiger partial charge is 0.508 e. The molecule has 0 fully saturated rings. The van der Waals surface area contributed by atoms with Crippen LogP contribution in [0.15, 0.2) is 41.7 Å². The minimum Gasteiger partial charge on any atom is -0.508 e. The van der Waals surface area contributed by atoms with Crippen LogP contribution in [-0.4, -0.2) is 41.5 Å². The fourth-order valence-electron chi connectivity index (χ4n) is 2.11.